The summed E-state index contributed by atoms with van der Waals surface area (Å²) in [5, 5.41) is 15.0. The molecule has 0 aliphatic heterocycles. The first-order chi connectivity index (χ1) is 11.6. The molecule has 2 aromatic carbocycles. The number of phenols is 1. The summed E-state index contributed by atoms with van der Waals surface area (Å²) < 4.78 is 0. The van der Waals surface area contributed by atoms with E-state index in [4.69, 9.17) is 0 Å². The Morgan fingerprint density at radius 2 is 1.62 bits per heavy atom. The Morgan fingerprint density at radius 3 is 2.33 bits per heavy atom. The molecule has 2 amide bonds. The average molecular weight is 326 g/mol. The lowest BCUT2D eigenvalue weighted by molar-refractivity contribution is -0.121. The fourth-order valence-electron chi connectivity index (χ4n) is 2.24. The molecule has 0 heterocycles. The molecule has 0 radical (unpaired) electrons. The van der Waals surface area contributed by atoms with Crippen molar-refractivity contribution < 1.29 is 14.7 Å². The number of hydrogen-bond donors (Lipinski definition) is 3. The van der Waals surface area contributed by atoms with Crippen LogP contribution in [0.1, 0.15) is 27.9 Å². The Kier molecular flexibility index (Phi) is 6.37. The summed E-state index contributed by atoms with van der Waals surface area (Å²) in [6.07, 6.45) is 1.10. The molecule has 0 unspecified atom stereocenters. The van der Waals surface area contributed by atoms with Crippen molar-refractivity contribution in [2.24, 2.45) is 0 Å². The van der Waals surface area contributed by atoms with Gasteiger partial charge in [0.2, 0.25) is 5.91 Å². The van der Waals surface area contributed by atoms with E-state index in [0.717, 1.165) is 5.56 Å². The number of benzene rings is 2. The molecule has 0 saturated carbocycles. The second-order valence-corrected chi connectivity index (χ2v) is 5.61. The van der Waals surface area contributed by atoms with Gasteiger partial charge in [0.25, 0.3) is 5.91 Å². The van der Waals surface area contributed by atoms with E-state index in [0.29, 0.717) is 25.9 Å². The van der Waals surface area contributed by atoms with E-state index in [-0.39, 0.29) is 23.1 Å². The van der Waals surface area contributed by atoms with Crippen LogP contribution in [0.15, 0.2) is 48.5 Å². The third-order valence-corrected chi connectivity index (χ3v) is 3.64. The number of carbonyl (C=O) groups is 2. The molecule has 126 valence electrons. The molecule has 0 saturated heterocycles. The monoisotopic (exact) mass is 326 g/mol. The molecule has 5 heteroatoms. The molecular weight excluding hydrogens is 304 g/mol. The summed E-state index contributed by atoms with van der Waals surface area (Å²) in [6, 6.07) is 14.4. The molecule has 0 fully saturated rings. The highest BCUT2D eigenvalue weighted by atomic mass is 16.3. The van der Waals surface area contributed by atoms with E-state index in [2.05, 4.69) is 10.6 Å². The predicted octanol–water partition coefficient (Wildman–Crippen LogP) is 2.18. The maximum atomic E-state index is 11.9. The highest BCUT2D eigenvalue weighted by Gasteiger charge is 2.09. The van der Waals surface area contributed by atoms with Crippen LogP contribution in [0.5, 0.6) is 5.75 Å². The summed E-state index contributed by atoms with van der Waals surface area (Å²) in [5.74, 6) is -0.466. The third-order valence-electron chi connectivity index (χ3n) is 3.64. The van der Waals surface area contributed by atoms with Gasteiger partial charge in [-0.3, -0.25) is 9.59 Å². The molecule has 3 N–H and O–H groups in total. The first-order valence-electron chi connectivity index (χ1n) is 7.94. The van der Waals surface area contributed by atoms with E-state index < -0.39 is 0 Å². The highest BCUT2D eigenvalue weighted by molar-refractivity contribution is 5.96. The normalized spacial score (nSPS) is 10.2. The largest absolute Gasteiger partial charge is 0.507 e. The second-order valence-electron chi connectivity index (χ2n) is 5.61. The quantitative estimate of drug-likeness (QED) is 0.682. The van der Waals surface area contributed by atoms with Crippen molar-refractivity contribution >= 4 is 11.8 Å². The zero-order chi connectivity index (χ0) is 17.4. The van der Waals surface area contributed by atoms with Gasteiger partial charge in [0.15, 0.2) is 0 Å². The van der Waals surface area contributed by atoms with Crippen molar-refractivity contribution in [3.05, 3.63) is 65.2 Å². The highest BCUT2D eigenvalue weighted by Crippen LogP contribution is 2.14. The molecule has 2 rings (SSSR count). The number of hydrogen-bond acceptors (Lipinski definition) is 3. The third kappa shape index (κ3) is 5.43. The molecule has 24 heavy (non-hydrogen) atoms. The van der Waals surface area contributed by atoms with Crippen LogP contribution in [0.3, 0.4) is 0 Å². The smallest absolute Gasteiger partial charge is 0.255 e. The number of aryl methyl sites for hydroxylation is 2. The molecular formula is C19H22N2O3. The Bertz CT molecular complexity index is 696. The molecule has 0 bridgehead atoms. The van der Waals surface area contributed by atoms with E-state index in [9.17, 15) is 14.7 Å². The van der Waals surface area contributed by atoms with Crippen molar-refractivity contribution in [3.8, 4) is 5.75 Å². The second kappa shape index (κ2) is 8.72. The van der Waals surface area contributed by atoms with Crippen LogP contribution in [-0.4, -0.2) is 30.0 Å². The van der Waals surface area contributed by atoms with Crippen LogP contribution in [0.25, 0.3) is 0 Å². The molecule has 0 aromatic heterocycles. The summed E-state index contributed by atoms with van der Waals surface area (Å²) in [7, 11) is 0. The van der Waals surface area contributed by atoms with Crippen molar-refractivity contribution in [2.75, 3.05) is 13.1 Å². The Morgan fingerprint density at radius 1 is 0.958 bits per heavy atom. The van der Waals surface area contributed by atoms with Crippen molar-refractivity contribution in [1.29, 1.82) is 0 Å². The number of amides is 2. The molecule has 2 aromatic rings. The molecule has 5 nitrogen and oxygen atoms in total. The van der Waals surface area contributed by atoms with Gasteiger partial charge >= 0.3 is 0 Å². The lowest BCUT2D eigenvalue weighted by Gasteiger charge is -2.08. The van der Waals surface area contributed by atoms with Gasteiger partial charge < -0.3 is 15.7 Å². The van der Waals surface area contributed by atoms with Gasteiger partial charge in [-0.05, 0) is 31.0 Å². The minimum atomic E-state index is -0.359. The average Bonchev–Trinajstić information content (AvgIpc) is 2.58. The van der Waals surface area contributed by atoms with Crippen molar-refractivity contribution in [3.63, 3.8) is 0 Å². The summed E-state index contributed by atoms with van der Waals surface area (Å²) in [4.78, 5) is 23.7. The lowest BCUT2D eigenvalue weighted by atomic mass is 10.1. The number of aromatic hydroxyl groups is 1. The topological polar surface area (TPSA) is 78.4 Å². The van der Waals surface area contributed by atoms with Gasteiger partial charge in [-0.1, -0.05) is 42.0 Å². The molecule has 0 aliphatic rings. The van der Waals surface area contributed by atoms with Crippen molar-refractivity contribution in [1.82, 2.24) is 10.6 Å². The van der Waals surface area contributed by atoms with Gasteiger partial charge in [0.05, 0.1) is 5.56 Å². The maximum absolute atomic E-state index is 11.9. The fraction of sp³-hybridized carbons (Fsp3) is 0.263. The van der Waals surface area contributed by atoms with Gasteiger partial charge in [-0.15, -0.1) is 0 Å². The first-order valence-corrected chi connectivity index (χ1v) is 7.94. The minimum absolute atomic E-state index is 0.0487. The zero-order valence-corrected chi connectivity index (χ0v) is 13.7. The van der Waals surface area contributed by atoms with Crippen LogP contribution in [0.4, 0.5) is 0 Å². The van der Waals surface area contributed by atoms with Crippen LogP contribution in [-0.2, 0) is 11.2 Å². The standard InChI is InChI=1S/C19H22N2O3/c1-14-6-8-15(9-7-14)10-11-18(23)20-12-13-21-19(24)16-4-2-3-5-17(16)22/h2-9,22H,10-13H2,1H3,(H,20,23)(H,21,24). The van der Waals surface area contributed by atoms with E-state index in [1.54, 1.807) is 18.2 Å². The predicted molar refractivity (Wildman–Crippen MR) is 92.9 cm³/mol. The Balaban J connectivity index is 1.65. The SMILES string of the molecule is Cc1ccc(CCC(=O)NCCNC(=O)c2ccccc2O)cc1. The lowest BCUT2D eigenvalue weighted by Crippen LogP contribution is -2.34. The molecule has 0 aliphatic carbocycles. The van der Waals surface area contributed by atoms with E-state index in [1.165, 1.54) is 11.6 Å². The van der Waals surface area contributed by atoms with E-state index in [1.807, 2.05) is 31.2 Å². The number of phenolic OH excluding ortho intramolecular Hbond substituents is 1. The van der Waals surface area contributed by atoms with Crippen LogP contribution in [0, 0.1) is 6.92 Å². The summed E-state index contributed by atoms with van der Waals surface area (Å²) in [5.41, 5.74) is 2.55. The number of rotatable bonds is 7. The molecule has 0 spiro atoms. The zero-order valence-electron chi connectivity index (χ0n) is 13.7. The number of carbonyl (C=O) groups excluding carboxylic acids is 2. The van der Waals surface area contributed by atoms with Crippen LogP contribution < -0.4 is 10.6 Å². The van der Waals surface area contributed by atoms with Crippen LogP contribution in [0.2, 0.25) is 0 Å². The summed E-state index contributed by atoms with van der Waals surface area (Å²) >= 11 is 0. The summed E-state index contributed by atoms with van der Waals surface area (Å²) in [6.45, 7) is 2.69. The van der Waals surface area contributed by atoms with Gasteiger partial charge in [0.1, 0.15) is 5.75 Å². The van der Waals surface area contributed by atoms with Gasteiger partial charge in [0, 0.05) is 19.5 Å². The fourth-order valence-corrected chi connectivity index (χ4v) is 2.24. The van der Waals surface area contributed by atoms with E-state index >= 15 is 0 Å². The maximum Gasteiger partial charge on any atom is 0.255 e. The Hall–Kier alpha value is -2.82. The van der Waals surface area contributed by atoms with Gasteiger partial charge in [-0.25, -0.2) is 0 Å². The van der Waals surface area contributed by atoms with Gasteiger partial charge in [-0.2, -0.15) is 0 Å². The van der Waals surface area contributed by atoms with Crippen LogP contribution >= 0.6 is 0 Å². The first kappa shape index (κ1) is 17.5. The Labute approximate surface area is 141 Å². The number of para-hydroxylation sites is 1. The minimum Gasteiger partial charge on any atom is -0.507 e. The number of nitrogens with one attached hydrogen (secondary N) is 2. The molecule has 0 atom stereocenters. The van der Waals surface area contributed by atoms with Crippen molar-refractivity contribution in [2.45, 2.75) is 19.8 Å².